The van der Waals surface area contributed by atoms with Crippen molar-refractivity contribution >= 4 is 21.7 Å². The molecule has 1 unspecified atom stereocenters. The third-order valence-electron chi connectivity index (χ3n) is 5.82. The van der Waals surface area contributed by atoms with E-state index in [1.165, 1.54) is 6.26 Å². The van der Waals surface area contributed by atoms with Crippen LogP contribution in [0.4, 0.5) is 0 Å². The van der Waals surface area contributed by atoms with Gasteiger partial charge in [0.15, 0.2) is 0 Å². The highest BCUT2D eigenvalue weighted by Crippen LogP contribution is 2.21. The predicted octanol–water partition coefficient (Wildman–Crippen LogP) is 1.04. The smallest absolute Gasteiger partial charge is 0.253 e. The van der Waals surface area contributed by atoms with Crippen LogP contribution in [0.5, 0.6) is 0 Å². The molecule has 3 rings (SSSR count). The molecule has 0 aliphatic carbocycles. The fourth-order valence-electron chi connectivity index (χ4n) is 3.99. The first-order valence-electron chi connectivity index (χ1n) is 10.3. The molecule has 2 heterocycles. The molecule has 160 valence electrons. The summed E-state index contributed by atoms with van der Waals surface area (Å²) in [5.41, 5.74) is 1.78. The molecular weight excluding hydrogens is 390 g/mol. The highest BCUT2D eigenvalue weighted by molar-refractivity contribution is 7.90. The van der Waals surface area contributed by atoms with Crippen molar-refractivity contribution in [1.29, 1.82) is 0 Å². The van der Waals surface area contributed by atoms with Gasteiger partial charge in [-0.3, -0.25) is 14.5 Å². The number of piperidine rings is 1. The largest absolute Gasteiger partial charge is 0.340 e. The lowest BCUT2D eigenvalue weighted by Gasteiger charge is -2.39. The summed E-state index contributed by atoms with van der Waals surface area (Å²) < 4.78 is 22.7. The summed E-state index contributed by atoms with van der Waals surface area (Å²) in [6, 6.07) is 7.56. The number of sulfone groups is 1. The van der Waals surface area contributed by atoms with Gasteiger partial charge >= 0.3 is 0 Å². The van der Waals surface area contributed by atoms with Crippen LogP contribution in [0.15, 0.2) is 24.3 Å². The molecule has 1 atom stereocenters. The van der Waals surface area contributed by atoms with Gasteiger partial charge in [-0.25, -0.2) is 8.42 Å². The molecular formula is C21H31N3O4S. The average molecular weight is 422 g/mol. The highest BCUT2D eigenvalue weighted by atomic mass is 32.2. The Hall–Kier alpha value is -1.93. The minimum absolute atomic E-state index is 0.00639. The van der Waals surface area contributed by atoms with Crippen molar-refractivity contribution in [2.75, 3.05) is 57.8 Å². The maximum Gasteiger partial charge on any atom is 0.253 e. The average Bonchev–Trinajstić information content (AvgIpc) is 2.72. The first-order chi connectivity index (χ1) is 13.7. The topological polar surface area (TPSA) is 78.0 Å². The molecule has 0 spiro atoms. The van der Waals surface area contributed by atoms with Crippen LogP contribution in [-0.4, -0.2) is 92.8 Å². The number of rotatable bonds is 5. The standard InChI is InChI=1S/C21H31N3O4S/c1-17-5-7-18(8-6-17)20(25)24-9-3-4-19(16-24)21(26)23-12-10-22(11-13-23)14-15-29(2,27)28/h5-8,19H,3-4,9-16H2,1-2H3. The number of hydrogen-bond acceptors (Lipinski definition) is 5. The summed E-state index contributed by atoms with van der Waals surface area (Å²) in [5.74, 6) is 0.114. The van der Waals surface area contributed by atoms with E-state index in [9.17, 15) is 18.0 Å². The zero-order valence-electron chi connectivity index (χ0n) is 17.3. The molecule has 2 amide bonds. The Balaban J connectivity index is 1.52. The number of nitrogens with zero attached hydrogens (tertiary/aromatic N) is 3. The number of benzene rings is 1. The van der Waals surface area contributed by atoms with Gasteiger partial charge in [0.05, 0.1) is 11.7 Å². The molecule has 8 heteroatoms. The van der Waals surface area contributed by atoms with Gasteiger partial charge in [0.25, 0.3) is 5.91 Å². The Kier molecular flexibility index (Phi) is 6.95. The minimum Gasteiger partial charge on any atom is -0.340 e. The number of amides is 2. The number of aryl methyl sites for hydroxylation is 1. The fraction of sp³-hybridized carbons (Fsp3) is 0.619. The molecule has 0 N–H and O–H groups in total. The number of likely N-dealkylation sites (tertiary alicyclic amines) is 1. The molecule has 2 aliphatic rings. The van der Waals surface area contributed by atoms with Crippen molar-refractivity contribution in [2.24, 2.45) is 5.92 Å². The van der Waals surface area contributed by atoms with Crippen LogP contribution < -0.4 is 0 Å². The van der Waals surface area contributed by atoms with Gasteiger partial charge in [-0.2, -0.15) is 0 Å². The molecule has 0 radical (unpaired) electrons. The van der Waals surface area contributed by atoms with Gasteiger partial charge < -0.3 is 9.80 Å². The number of piperazine rings is 1. The van der Waals surface area contributed by atoms with Crippen molar-refractivity contribution < 1.29 is 18.0 Å². The number of carbonyl (C=O) groups is 2. The van der Waals surface area contributed by atoms with Gasteiger partial charge in [-0.1, -0.05) is 17.7 Å². The van der Waals surface area contributed by atoms with Gasteiger partial charge in [-0.05, 0) is 31.9 Å². The first kappa shape index (κ1) is 21.8. The third-order valence-corrected chi connectivity index (χ3v) is 6.74. The van der Waals surface area contributed by atoms with Gasteiger partial charge in [-0.15, -0.1) is 0 Å². The molecule has 2 saturated heterocycles. The van der Waals surface area contributed by atoms with E-state index in [-0.39, 0.29) is 23.5 Å². The van der Waals surface area contributed by atoms with E-state index in [1.807, 2.05) is 36.1 Å². The van der Waals surface area contributed by atoms with Crippen molar-refractivity contribution in [2.45, 2.75) is 19.8 Å². The Morgan fingerprint density at radius 1 is 1.00 bits per heavy atom. The second kappa shape index (κ2) is 9.26. The second-order valence-corrected chi connectivity index (χ2v) is 10.5. The molecule has 29 heavy (non-hydrogen) atoms. The van der Waals surface area contributed by atoms with E-state index in [0.29, 0.717) is 51.4 Å². The highest BCUT2D eigenvalue weighted by Gasteiger charge is 2.32. The van der Waals surface area contributed by atoms with E-state index < -0.39 is 9.84 Å². The van der Waals surface area contributed by atoms with Crippen molar-refractivity contribution in [3.63, 3.8) is 0 Å². The summed E-state index contributed by atoms with van der Waals surface area (Å²) in [5, 5.41) is 0. The normalized spacial score (nSPS) is 21.2. The predicted molar refractivity (Wildman–Crippen MR) is 113 cm³/mol. The lowest BCUT2D eigenvalue weighted by molar-refractivity contribution is -0.138. The lowest BCUT2D eigenvalue weighted by Crippen LogP contribution is -2.53. The van der Waals surface area contributed by atoms with Crippen LogP contribution in [0.3, 0.4) is 0 Å². The van der Waals surface area contributed by atoms with Crippen LogP contribution >= 0.6 is 0 Å². The van der Waals surface area contributed by atoms with E-state index in [4.69, 9.17) is 0 Å². The quantitative estimate of drug-likeness (QED) is 0.710. The van der Waals surface area contributed by atoms with Gasteiger partial charge in [0, 0.05) is 57.6 Å². The summed E-state index contributed by atoms with van der Waals surface area (Å²) in [7, 11) is -2.97. The van der Waals surface area contributed by atoms with Crippen molar-refractivity contribution in [3.05, 3.63) is 35.4 Å². The van der Waals surface area contributed by atoms with E-state index in [2.05, 4.69) is 4.90 Å². The number of carbonyl (C=O) groups excluding carboxylic acids is 2. The molecule has 1 aromatic carbocycles. The Morgan fingerprint density at radius 2 is 1.66 bits per heavy atom. The van der Waals surface area contributed by atoms with Crippen molar-refractivity contribution in [1.82, 2.24) is 14.7 Å². The molecule has 0 aromatic heterocycles. The van der Waals surface area contributed by atoms with E-state index in [0.717, 1.165) is 18.4 Å². The van der Waals surface area contributed by atoms with Crippen LogP contribution in [0.25, 0.3) is 0 Å². The Labute approximate surface area is 173 Å². The second-order valence-electron chi connectivity index (χ2n) is 8.25. The van der Waals surface area contributed by atoms with Crippen LogP contribution in [0, 0.1) is 12.8 Å². The van der Waals surface area contributed by atoms with Crippen molar-refractivity contribution in [3.8, 4) is 0 Å². The Bertz CT molecular complexity index is 830. The summed E-state index contributed by atoms with van der Waals surface area (Å²) in [4.78, 5) is 31.6. The number of hydrogen-bond donors (Lipinski definition) is 0. The lowest BCUT2D eigenvalue weighted by atomic mass is 9.95. The molecule has 7 nitrogen and oxygen atoms in total. The summed E-state index contributed by atoms with van der Waals surface area (Å²) >= 11 is 0. The maximum absolute atomic E-state index is 13.0. The van der Waals surface area contributed by atoms with Crippen LogP contribution in [0.2, 0.25) is 0 Å². The SMILES string of the molecule is Cc1ccc(C(=O)N2CCCC(C(=O)N3CCN(CCS(C)(=O)=O)CC3)C2)cc1. The molecule has 2 aliphatic heterocycles. The summed E-state index contributed by atoms with van der Waals surface area (Å²) in [6.07, 6.45) is 2.90. The third kappa shape index (κ3) is 6.02. The molecule has 0 bridgehead atoms. The van der Waals surface area contributed by atoms with E-state index >= 15 is 0 Å². The van der Waals surface area contributed by atoms with Gasteiger partial charge in [0.1, 0.15) is 9.84 Å². The zero-order valence-corrected chi connectivity index (χ0v) is 18.2. The minimum atomic E-state index is -2.97. The van der Waals surface area contributed by atoms with Gasteiger partial charge in [0.2, 0.25) is 5.91 Å². The zero-order chi connectivity index (χ0) is 21.0. The molecule has 2 fully saturated rings. The Morgan fingerprint density at radius 3 is 2.28 bits per heavy atom. The maximum atomic E-state index is 13.0. The monoisotopic (exact) mass is 421 g/mol. The summed E-state index contributed by atoms with van der Waals surface area (Å²) in [6.45, 7) is 6.29. The van der Waals surface area contributed by atoms with E-state index in [1.54, 1.807) is 4.90 Å². The van der Waals surface area contributed by atoms with Crippen LogP contribution in [-0.2, 0) is 14.6 Å². The van der Waals surface area contributed by atoms with Crippen LogP contribution in [0.1, 0.15) is 28.8 Å². The molecule has 1 aromatic rings. The first-order valence-corrected chi connectivity index (χ1v) is 12.3. The molecule has 0 saturated carbocycles. The fourth-order valence-corrected chi connectivity index (χ4v) is 4.58.